The zero-order chi connectivity index (χ0) is 27.5. The van der Waals surface area contributed by atoms with Crippen molar-refractivity contribution in [1.29, 1.82) is 0 Å². The van der Waals surface area contributed by atoms with Gasteiger partial charge in [0.1, 0.15) is 11.4 Å². The number of rotatable bonds is 4. The van der Waals surface area contributed by atoms with E-state index in [0.717, 1.165) is 24.1 Å². The van der Waals surface area contributed by atoms with E-state index >= 15 is 0 Å². The molecule has 0 spiro atoms. The number of anilines is 3. The van der Waals surface area contributed by atoms with Gasteiger partial charge < -0.3 is 19.9 Å². The highest BCUT2D eigenvalue weighted by Gasteiger charge is 2.43. The Labute approximate surface area is 219 Å². The molecule has 0 aliphatic carbocycles. The largest absolute Gasteiger partial charge is 0.444 e. The van der Waals surface area contributed by atoms with Crippen LogP contribution in [-0.4, -0.2) is 54.0 Å². The Morgan fingerprint density at radius 2 is 1.86 bits per heavy atom. The Hall–Kier alpha value is -3.62. The van der Waals surface area contributed by atoms with Gasteiger partial charge in [-0.3, -0.25) is 14.9 Å². The summed E-state index contributed by atoms with van der Waals surface area (Å²) < 4.78 is 5.26. The molecular weight excluding hydrogens is 470 g/mol. The third kappa shape index (κ3) is 6.78. The molecule has 2 atom stereocenters. The standard InChI is InChI=1S/C28H39N5O4/c1-18-12-13-28(6,20-10-9-11-22(15-20)32(7)8)33(17-18)25(35)24(34)30-21-14-19(2)23(29-16-21)31-26(36)37-27(3,4)5/h9-11,14-16,18H,12-13,17H2,1-8H3,(H,30,34)(H,29,31,36)/t18-,28-/m0/s1. The van der Waals surface area contributed by atoms with Crippen LogP contribution in [0.1, 0.15) is 58.6 Å². The topological polar surface area (TPSA) is 104 Å². The summed E-state index contributed by atoms with van der Waals surface area (Å²) in [6, 6.07) is 9.76. The first-order chi connectivity index (χ1) is 17.2. The lowest BCUT2D eigenvalue weighted by atomic mass is 9.78. The Kier molecular flexibility index (Phi) is 8.15. The van der Waals surface area contributed by atoms with Crippen LogP contribution in [0.25, 0.3) is 0 Å². The molecule has 1 fully saturated rings. The van der Waals surface area contributed by atoms with Crippen LogP contribution in [0.5, 0.6) is 0 Å². The van der Waals surface area contributed by atoms with E-state index in [2.05, 4.69) is 28.6 Å². The van der Waals surface area contributed by atoms with Crippen LogP contribution in [0.3, 0.4) is 0 Å². The minimum atomic E-state index is -0.724. The van der Waals surface area contributed by atoms with E-state index in [4.69, 9.17) is 4.74 Å². The van der Waals surface area contributed by atoms with E-state index in [1.165, 1.54) is 6.20 Å². The summed E-state index contributed by atoms with van der Waals surface area (Å²) in [4.78, 5) is 46.6. The first kappa shape index (κ1) is 28.0. The van der Waals surface area contributed by atoms with E-state index in [1.807, 2.05) is 44.1 Å². The molecule has 3 amide bonds. The second-order valence-electron chi connectivity index (χ2n) is 11.2. The summed E-state index contributed by atoms with van der Waals surface area (Å²) >= 11 is 0. The van der Waals surface area contributed by atoms with Crippen molar-refractivity contribution in [2.75, 3.05) is 36.2 Å². The van der Waals surface area contributed by atoms with E-state index in [-0.39, 0.29) is 5.92 Å². The van der Waals surface area contributed by atoms with Gasteiger partial charge >= 0.3 is 17.9 Å². The Balaban J connectivity index is 1.78. The smallest absolute Gasteiger partial charge is 0.413 e. The summed E-state index contributed by atoms with van der Waals surface area (Å²) in [5.74, 6) is -0.711. The number of hydrogen-bond donors (Lipinski definition) is 2. The minimum absolute atomic E-state index is 0.281. The zero-order valence-corrected chi connectivity index (χ0v) is 23.1. The van der Waals surface area contributed by atoms with Crippen LogP contribution < -0.4 is 15.5 Å². The molecule has 3 rings (SSSR count). The predicted octanol–water partition coefficient (Wildman–Crippen LogP) is 4.92. The number of nitrogens with zero attached hydrogens (tertiary/aromatic N) is 3. The van der Waals surface area contributed by atoms with Crippen LogP contribution in [0.15, 0.2) is 36.5 Å². The minimum Gasteiger partial charge on any atom is -0.444 e. The van der Waals surface area contributed by atoms with Gasteiger partial charge in [-0.1, -0.05) is 19.1 Å². The van der Waals surface area contributed by atoms with Gasteiger partial charge in [0.25, 0.3) is 0 Å². The molecule has 1 aliphatic heterocycles. The van der Waals surface area contributed by atoms with Crippen LogP contribution in [-0.2, 0) is 19.9 Å². The summed E-state index contributed by atoms with van der Waals surface area (Å²) in [7, 11) is 3.95. The van der Waals surface area contributed by atoms with E-state index in [1.54, 1.807) is 38.7 Å². The van der Waals surface area contributed by atoms with E-state index < -0.39 is 29.0 Å². The maximum Gasteiger partial charge on any atom is 0.413 e. The SMILES string of the molecule is Cc1cc(NC(=O)C(=O)N2C[C@@H](C)CC[C@@]2(C)c2cccc(N(C)C)c2)cnc1NC(=O)OC(C)(C)C. The van der Waals surface area contributed by atoms with Crippen LogP contribution in [0, 0.1) is 12.8 Å². The second kappa shape index (κ2) is 10.8. The fraction of sp³-hybridized carbons (Fsp3) is 0.500. The second-order valence-corrected chi connectivity index (χ2v) is 11.2. The van der Waals surface area contributed by atoms with Gasteiger partial charge in [-0.05, 0) is 82.7 Å². The lowest BCUT2D eigenvalue weighted by Crippen LogP contribution is -2.55. The number of ether oxygens (including phenoxy) is 1. The highest BCUT2D eigenvalue weighted by atomic mass is 16.6. The highest BCUT2D eigenvalue weighted by molar-refractivity contribution is 6.39. The van der Waals surface area contributed by atoms with Crippen LogP contribution in [0.4, 0.5) is 22.0 Å². The van der Waals surface area contributed by atoms with E-state index in [0.29, 0.717) is 23.6 Å². The predicted molar refractivity (Wildman–Crippen MR) is 146 cm³/mol. The number of amides is 3. The number of nitrogens with one attached hydrogen (secondary N) is 2. The molecule has 2 heterocycles. The lowest BCUT2D eigenvalue weighted by molar-refractivity contribution is -0.150. The summed E-state index contributed by atoms with van der Waals surface area (Å²) in [6.45, 7) is 11.7. The van der Waals surface area contributed by atoms with Crippen molar-refractivity contribution in [3.63, 3.8) is 0 Å². The quantitative estimate of drug-likeness (QED) is 0.568. The van der Waals surface area contributed by atoms with Crippen molar-refractivity contribution in [3.8, 4) is 0 Å². The van der Waals surface area contributed by atoms with Crippen molar-refractivity contribution in [2.24, 2.45) is 5.92 Å². The molecule has 0 radical (unpaired) electrons. The van der Waals surface area contributed by atoms with Gasteiger partial charge in [0.05, 0.1) is 17.4 Å². The number of carbonyl (C=O) groups excluding carboxylic acids is 3. The summed E-state index contributed by atoms with van der Waals surface area (Å²) in [5, 5.41) is 5.29. The fourth-order valence-electron chi connectivity index (χ4n) is 4.47. The molecule has 1 aliphatic rings. The van der Waals surface area contributed by atoms with Crippen LogP contribution in [0.2, 0.25) is 0 Å². The average molecular weight is 510 g/mol. The zero-order valence-electron chi connectivity index (χ0n) is 23.1. The fourth-order valence-corrected chi connectivity index (χ4v) is 4.47. The molecule has 200 valence electrons. The maximum absolute atomic E-state index is 13.5. The summed E-state index contributed by atoms with van der Waals surface area (Å²) in [6.07, 6.45) is 2.51. The summed E-state index contributed by atoms with van der Waals surface area (Å²) in [5.41, 5.74) is 1.78. The van der Waals surface area contributed by atoms with Crippen molar-refractivity contribution in [3.05, 3.63) is 47.7 Å². The molecule has 37 heavy (non-hydrogen) atoms. The van der Waals surface area contributed by atoms with Crippen molar-refractivity contribution in [2.45, 2.75) is 65.5 Å². The van der Waals surface area contributed by atoms with Gasteiger partial charge in [-0.15, -0.1) is 0 Å². The molecule has 9 heteroatoms. The monoisotopic (exact) mass is 509 g/mol. The molecule has 9 nitrogen and oxygen atoms in total. The third-order valence-electron chi connectivity index (χ3n) is 6.59. The van der Waals surface area contributed by atoms with Crippen molar-refractivity contribution < 1.29 is 19.1 Å². The highest BCUT2D eigenvalue weighted by Crippen LogP contribution is 2.40. The molecule has 1 saturated heterocycles. The Morgan fingerprint density at radius 3 is 2.49 bits per heavy atom. The third-order valence-corrected chi connectivity index (χ3v) is 6.59. The number of carbonyl (C=O) groups is 3. The lowest BCUT2D eigenvalue weighted by Gasteiger charge is -2.47. The van der Waals surface area contributed by atoms with Gasteiger partial charge in [0.2, 0.25) is 0 Å². The average Bonchev–Trinajstić information content (AvgIpc) is 2.81. The first-order valence-corrected chi connectivity index (χ1v) is 12.6. The number of aryl methyl sites for hydroxylation is 1. The molecule has 1 aromatic heterocycles. The van der Waals surface area contributed by atoms with Crippen LogP contribution >= 0.6 is 0 Å². The first-order valence-electron chi connectivity index (χ1n) is 12.6. The number of likely N-dealkylation sites (tertiary alicyclic amines) is 1. The molecular formula is C28H39N5O4. The van der Waals surface area contributed by atoms with Gasteiger partial charge in [-0.2, -0.15) is 0 Å². The molecule has 2 N–H and O–H groups in total. The normalized spacial score (nSPS) is 19.7. The van der Waals surface area contributed by atoms with Gasteiger partial charge in [0.15, 0.2) is 0 Å². The molecule has 0 unspecified atom stereocenters. The number of aromatic nitrogens is 1. The number of pyridine rings is 1. The van der Waals surface area contributed by atoms with Crippen molar-refractivity contribution in [1.82, 2.24) is 9.88 Å². The van der Waals surface area contributed by atoms with Gasteiger partial charge in [-0.25, -0.2) is 9.78 Å². The van der Waals surface area contributed by atoms with E-state index in [9.17, 15) is 14.4 Å². The molecule has 0 bridgehead atoms. The molecule has 2 aromatic rings. The number of hydrogen-bond acceptors (Lipinski definition) is 6. The Morgan fingerprint density at radius 1 is 1.16 bits per heavy atom. The number of benzene rings is 1. The Bertz CT molecular complexity index is 1170. The van der Waals surface area contributed by atoms with Crippen molar-refractivity contribution >= 4 is 35.1 Å². The molecule has 1 aromatic carbocycles. The molecule has 0 saturated carbocycles. The maximum atomic E-state index is 13.5. The number of piperidine rings is 1. The van der Waals surface area contributed by atoms with Gasteiger partial charge in [0, 0.05) is 26.3 Å².